The first-order valence-electron chi connectivity index (χ1n) is 5.98. The zero-order chi connectivity index (χ0) is 12.4. The highest BCUT2D eigenvalue weighted by Crippen LogP contribution is 2.25. The van der Waals surface area contributed by atoms with Gasteiger partial charge in [0.1, 0.15) is 0 Å². The van der Waals surface area contributed by atoms with Crippen molar-refractivity contribution in [2.24, 2.45) is 0 Å². The highest BCUT2D eigenvalue weighted by Gasteiger charge is 2.25. The van der Waals surface area contributed by atoms with E-state index in [1.807, 2.05) is 14.0 Å². The average Bonchev–Trinajstić information content (AvgIpc) is 2.80. The predicted octanol–water partition coefficient (Wildman–Crippen LogP) is 2.74. The van der Waals surface area contributed by atoms with Crippen LogP contribution in [-0.4, -0.2) is 31.1 Å². The van der Waals surface area contributed by atoms with Crippen molar-refractivity contribution in [1.29, 1.82) is 0 Å². The van der Waals surface area contributed by atoms with Crippen LogP contribution in [0.5, 0.6) is 0 Å². The predicted molar refractivity (Wildman–Crippen MR) is 71.1 cm³/mol. The minimum atomic E-state index is -0.782. The van der Waals surface area contributed by atoms with Crippen molar-refractivity contribution in [3.63, 3.8) is 0 Å². The molecule has 0 amide bonds. The Hall–Kier alpha value is -0.710. The van der Waals surface area contributed by atoms with Crippen molar-refractivity contribution in [3.8, 4) is 0 Å². The van der Waals surface area contributed by atoms with Crippen LogP contribution in [0.15, 0.2) is 18.2 Å². The van der Waals surface area contributed by atoms with Gasteiger partial charge in [-0.05, 0) is 38.1 Å². The molecule has 0 bridgehead atoms. The third-order valence-electron chi connectivity index (χ3n) is 3.60. The summed E-state index contributed by atoms with van der Waals surface area (Å²) in [6.45, 7) is 3.98. The summed E-state index contributed by atoms with van der Waals surface area (Å²) < 4.78 is 26.0. The number of halogens is 3. The van der Waals surface area contributed by atoms with Crippen LogP contribution in [-0.2, 0) is 0 Å². The average molecular weight is 277 g/mol. The van der Waals surface area contributed by atoms with Gasteiger partial charge in [0.05, 0.1) is 0 Å². The molecular weight excluding hydrogens is 258 g/mol. The van der Waals surface area contributed by atoms with E-state index in [4.69, 9.17) is 0 Å². The SMILES string of the molecule is CNC1CCN(C(C)c2ccc(F)c(F)c2)C1.Cl. The molecule has 1 aromatic carbocycles. The Morgan fingerprint density at radius 1 is 1.33 bits per heavy atom. The molecule has 0 aliphatic carbocycles. The molecule has 2 atom stereocenters. The first-order valence-corrected chi connectivity index (χ1v) is 5.98. The van der Waals surface area contributed by atoms with Crippen LogP contribution in [0, 0.1) is 11.6 Å². The van der Waals surface area contributed by atoms with Crippen molar-refractivity contribution in [3.05, 3.63) is 35.4 Å². The van der Waals surface area contributed by atoms with E-state index in [-0.39, 0.29) is 18.4 Å². The van der Waals surface area contributed by atoms with Crippen LogP contribution in [0.2, 0.25) is 0 Å². The number of likely N-dealkylation sites (N-methyl/N-ethyl adjacent to an activating group) is 1. The molecule has 2 nitrogen and oxygen atoms in total. The molecule has 0 radical (unpaired) electrons. The fourth-order valence-corrected chi connectivity index (χ4v) is 2.36. The molecule has 1 aliphatic rings. The van der Waals surface area contributed by atoms with E-state index >= 15 is 0 Å². The van der Waals surface area contributed by atoms with Crippen LogP contribution in [0.3, 0.4) is 0 Å². The molecule has 1 saturated heterocycles. The quantitative estimate of drug-likeness (QED) is 0.913. The Balaban J connectivity index is 0.00000162. The molecular formula is C13H19ClF2N2. The highest BCUT2D eigenvalue weighted by atomic mass is 35.5. The van der Waals surface area contributed by atoms with Crippen molar-refractivity contribution in [2.45, 2.75) is 25.4 Å². The maximum Gasteiger partial charge on any atom is 0.159 e. The van der Waals surface area contributed by atoms with Crippen molar-refractivity contribution in [2.75, 3.05) is 20.1 Å². The zero-order valence-corrected chi connectivity index (χ0v) is 11.4. The second kappa shape index (κ2) is 6.45. The molecule has 2 unspecified atom stereocenters. The number of rotatable bonds is 3. The fourth-order valence-electron chi connectivity index (χ4n) is 2.36. The van der Waals surface area contributed by atoms with E-state index < -0.39 is 11.6 Å². The van der Waals surface area contributed by atoms with Gasteiger partial charge in [-0.3, -0.25) is 4.90 Å². The van der Waals surface area contributed by atoms with Gasteiger partial charge in [0.25, 0.3) is 0 Å². The van der Waals surface area contributed by atoms with Gasteiger partial charge < -0.3 is 5.32 Å². The maximum absolute atomic E-state index is 13.2. The third-order valence-corrected chi connectivity index (χ3v) is 3.60. The Labute approximate surface area is 113 Å². The van der Waals surface area contributed by atoms with Crippen LogP contribution in [0.1, 0.15) is 24.9 Å². The summed E-state index contributed by atoms with van der Waals surface area (Å²) in [4.78, 5) is 2.29. The molecule has 1 heterocycles. The Morgan fingerprint density at radius 2 is 2.06 bits per heavy atom. The minimum absolute atomic E-state index is 0. The van der Waals surface area contributed by atoms with Gasteiger partial charge in [-0.25, -0.2) is 8.78 Å². The van der Waals surface area contributed by atoms with E-state index in [0.717, 1.165) is 25.1 Å². The first-order chi connectivity index (χ1) is 8.11. The van der Waals surface area contributed by atoms with E-state index in [0.29, 0.717) is 6.04 Å². The lowest BCUT2D eigenvalue weighted by molar-refractivity contribution is 0.256. The van der Waals surface area contributed by atoms with E-state index in [1.54, 1.807) is 6.07 Å². The molecule has 0 saturated carbocycles. The lowest BCUT2D eigenvalue weighted by atomic mass is 10.1. The Morgan fingerprint density at radius 3 is 2.61 bits per heavy atom. The number of hydrogen-bond acceptors (Lipinski definition) is 2. The minimum Gasteiger partial charge on any atom is -0.316 e. The van der Waals surface area contributed by atoms with Gasteiger partial charge in [-0.2, -0.15) is 0 Å². The van der Waals surface area contributed by atoms with E-state index in [2.05, 4.69) is 10.2 Å². The van der Waals surface area contributed by atoms with Gasteiger partial charge >= 0.3 is 0 Å². The van der Waals surface area contributed by atoms with Crippen LogP contribution >= 0.6 is 12.4 Å². The second-order valence-corrected chi connectivity index (χ2v) is 4.62. The van der Waals surface area contributed by atoms with Crippen LogP contribution < -0.4 is 5.32 Å². The lowest BCUT2D eigenvalue weighted by Crippen LogP contribution is -2.31. The highest BCUT2D eigenvalue weighted by molar-refractivity contribution is 5.85. The first kappa shape index (κ1) is 15.3. The third kappa shape index (κ3) is 3.19. The van der Waals surface area contributed by atoms with Crippen molar-refractivity contribution < 1.29 is 8.78 Å². The standard InChI is InChI=1S/C13H18F2N2.ClH/c1-9(17-6-5-11(8-17)16-2)10-3-4-12(14)13(15)7-10;/h3-4,7,9,11,16H,5-6,8H2,1-2H3;1H. The maximum atomic E-state index is 13.2. The van der Waals surface area contributed by atoms with Gasteiger partial charge in [0.2, 0.25) is 0 Å². The molecule has 102 valence electrons. The molecule has 0 spiro atoms. The zero-order valence-electron chi connectivity index (χ0n) is 10.6. The summed E-state index contributed by atoms with van der Waals surface area (Å²) in [5.41, 5.74) is 0.834. The number of hydrogen-bond donors (Lipinski definition) is 1. The van der Waals surface area contributed by atoms with Crippen LogP contribution in [0.25, 0.3) is 0 Å². The van der Waals surface area contributed by atoms with E-state index in [1.165, 1.54) is 12.1 Å². The van der Waals surface area contributed by atoms with Gasteiger partial charge in [-0.15, -0.1) is 12.4 Å². The monoisotopic (exact) mass is 276 g/mol. The second-order valence-electron chi connectivity index (χ2n) is 4.62. The number of nitrogens with zero attached hydrogens (tertiary/aromatic N) is 1. The van der Waals surface area contributed by atoms with Crippen molar-refractivity contribution >= 4 is 12.4 Å². The largest absolute Gasteiger partial charge is 0.316 e. The summed E-state index contributed by atoms with van der Waals surface area (Å²) in [5.74, 6) is -1.55. The van der Waals surface area contributed by atoms with Crippen LogP contribution in [0.4, 0.5) is 8.78 Å². The normalized spacial score (nSPS) is 21.7. The molecule has 18 heavy (non-hydrogen) atoms. The molecule has 0 aromatic heterocycles. The van der Waals surface area contributed by atoms with Gasteiger partial charge in [-0.1, -0.05) is 6.07 Å². The molecule has 1 aliphatic heterocycles. The Kier molecular flexibility index (Phi) is 5.50. The number of nitrogens with one attached hydrogen (secondary N) is 1. The molecule has 1 fully saturated rings. The fraction of sp³-hybridized carbons (Fsp3) is 0.538. The number of benzene rings is 1. The smallest absolute Gasteiger partial charge is 0.159 e. The molecule has 5 heteroatoms. The summed E-state index contributed by atoms with van der Waals surface area (Å²) in [5, 5.41) is 3.24. The van der Waals surface area contributed by atoms with Gasteiger partial charge in [0, 0.05) is 25.2 Å². The molecule has 2 rings (SSSR count). The number of likely N-dealkylation sites (tertiary alicyclic amines) is 1. The molecule has 1 aromatic rings. The Bertz CT molecular complexity index is 401. The van der Waals surface area contributed by atoms with Gasteiger partial charge in [0.15, 0.2) is 11.6 Å². The topological polar surface area (TPSA) is 15.3 Å². The molecule has 1 N–H and O–H groups in total. The summed E-state index contributed by atoms with van der Waals surface area (Å²) in [7, 11) is 1.95. The lowest BCUT2D eigenvalue weighted by Gasteiger charge is -2.24. The van der Waals surface area contributed by atoms with Crippen molar-refractivity contribution in [1.82, 2.24) is 10.2 Å². The van der Waals surface area contributed by atoms with E-state index in [9.17, 15) is 8.78 Å². The summed E-state index contributed by atoms with van der Waals surface area (Å²) >= 11 is 0. The summed E-state index contributed by atoms with van der Waals surface area (Å²) in [6.07, 6.45) is 1.10. The summed E-state index contributed by atoms with van der Waals surface area (Å²) in [6, 6.07) is 4.79.